The number of nitrogen functional groups attached to an aromatic ring is 1. The fourth-order valence-corrected chi connectivity index (χ4v) is 1.27. The van der Waals surface area contributed by atoms with E-state index in [1.807, 2.05) is 0 Å². The molecule has 0 spiro atoms. The third-order valence-electron chi connectivity index (χ3n) is 2.02. The first-order chi connectivity index (χ1) is 7.61. The highest BCUT2D eigenvalue weighted by Crippen LogP contribution is 2.08. The highest BCUT2D eigenvalue weighted by molar-refractivity contribution is 5.92. The topological polar surface area (TPSA) is 111 Å². The van der Waals surface area contributed by atoms with Crippen molar-refractivity contribution >= 4 is 23.0 Å². The van der Waals surface area contributed by atoms with Crippen LogP contribution in [0.5, 0.6) is 0 Å². The highest BCUT2D eigenvalue weighted by atomic mass is 16.5. The van der Waals surface area contributed by atoms with Gasteiger partial charge in [0.1, 0.15) is 11.2 Å². The quantitative estimate of drug-likeness (QED) is 0.637. The maximum Gasteiger partial charge on any atom is 0.343 e. The zero-order chi connectivity index (χ0) is 11.7. The number of aromatic amines is 1. The van der Waals surface area contributed by atoms with Crippen molar-refractivity contribution in [3.8, 4) is 0 Å². The highest BCUT2D eigenvalue weighted by Gasteiger charge is 2.12. The number of carbonyl (C=O) groups excluding carboxylic acids is 1. The third kappa shape index (κ3) is 1.58. The van der Waals surface area contributed by atoms with Crippen LogP contribution in [-0.2, 0) is 4.74 Å². The van der Waals surface area contributed by atoms with Crippen LogP contribution in [0.1, 0.15) is 10.4 Å². The van der Waals surface area contributed by atoms with Gasteiger partial charge < -0.3 is 15.5 Å². The number of nitrogens with zero attached hydrogens (tertiary/aromatic N) is 2. The second-order valence-electron chi connectivity index (χ2n) is 3.04. The fourth-order valence-electron chi connectivity index (χ4n) is 1.27. The van der Waals surface area contributed by atoms with Crippen LogP contribution in [0.3, 0.4) is 0 Å². The molecule has 7 nitrogen and oxygen atoms in total. The molecule has 0 aliphatic carbocycles. The minimum absolute atomic E-state index is 0.0500. The summed E-state index contributed by atoms with van der Waals surface area (Å²) < 4.78 is 4.47. The van der Waals surface area contributed by atoms with Gasteiger partial charge in [-0.1, -0.05) is 0 Å². The number of hydrogen-bond donors (Lipinski definition) is 2. The van der Waals surface area contributed by atoms with Crippen molar-refractivity contribution in [2.75, 3.05) is 12.8 Å². The summed E-state index contributed by atoms with van der Waals surface area (Å²) in [5.41, 5.74) is 4.98. The average Bonchev–Trinajstić information content (AvgIpc) is 2.27. The van der Waals surface area contributed by atoms with Gasteiger partial charge in [0, 0.05) is 11.6 Å². The second-order valence-corrected chi connectivity index (χ2v) is 3.04. The Labute approximate surface area is 89.3 Å². The SMILES string of the molecule is COC(=O)c1cc2cnc(N)nc2[nH]c1=O. The third-order valence-corrected chi connectivity index (χ3v) is 2.02. The van der Waals surface area contributed by atoms with Crippen LogP contribution in [-0.4, -0.2) is 28.0 Å². The van der Waals surface area contributed by atoms with Gasteiger partial charge in [-0.05, 0) is 6.07 Å². The molecule has 0 aliphatic rings. The Morgan fingerprint density at radius 3 is 3.00 bits per heavy atom. The summed E-state index contributed by atoms with van der Waals surface area (Å²) in [6, 6.07) is 1.36. The molecule has 0 bridgehead atoms. The van der Waals surface area contributed by atoms with Gasteiger partial charge in [-0.15, -0.1) is 0 Å². The zero-order valence-corrected chi connectivity index (χ0v) is 8.35. The van der Waals surface area contributed by atoms with E-state index in [4.69, 9.17) is 5.73 Å². The standard InChI is InChI=1S/C9H8N4O3/c1-16-8(15)5-2-4-3-11-9(10)13-6(4)12-7(5)14/h2-3H,1H3,(H3,10,11,12,13,14). The minimum atomic E-state index is -0.708. The van der Waals surface area contributed by atoms with E-state index in [2.05, 4.69) is 19.7 Å². The summed E-state index contributed by atoms with van der Waals surface area (Å²) >= 11 is 0. The van der Waals surface area contributed by atoms with Crippen LogP contribution in [0.25, 0.3) is 11.0 Å². The molecule has 2 rings (SSSR count). The second kappa shape index (κ2) is 3.61. The van der Waals surface area contributed by atoms with Crippen molar-refractivity contribution in [1.29, 1.82) is 0 Å². The summed E-state index contributed by atoms with van der Waals surface area (Å²) in [6.07, 6.45) is 1.42. The molecule has 0 saturated carbocycles. The van der Waals surface area contributed by atoms with E-state index in [-0.39, 0.29) is 17.2 Å². The molecule has 2 heterocycles. The number of nitrogens with one attached hydrogen (secondary N) is 1. The zero-order valence-electron chi connectivity index (χ0n) is 8.35. The van der Waals surface area contributed by atoms with Crippen molar-refractivity contribution in [2.45, 2.75) is 0 Å². The van der Waals surface area contributed by atoms with Crippen LogP contribution in [0.15, 0.2) is 17.1 Å². The number of esters is 1. The lowest BCUT2D eigenvalue weighted by molar-refractivity contribution is 0.0599. The number of hydrogen-bond acceptors (Lipinski definition) is 6. The smallest absolute Gasteiger partial charge is 0.343 e. The number of ether oxygens (including phenoxy) is 1. The van der Waals surface area contributed by atoms with Crippen LogP contribution in [0.2, 0.25) is 0 Å². The molecule has 7 heteroatoms. The van der Waals surface area contributed by atoms with Crippen molar-refractivity contribution < 1.29 is 9.53 Å². The predicted molar refractivity (Wildman–Crippen MR) is 55.9 cm³/mol. The van der Waals surface area contributed by atoms with E-state index in [1.165, 1.54) is 19.4 Å². The molecule has 0 aromatic carbocycles. The monoisotopic (exact) mass is 220 g/mol. The maximum absolute atomic E-state index is 11.5. The number of pyridine rings is 1. The van der Waals surface area contributed by atoms with Gasteiger partial charge in [0.15, 0.2) is 0 Å². The van der Waals surface area contributed by atoms with Crippen molar-refractivity contribution in [3.05, 3.63) is 28.2 Å². The molecule has 16 heavy (non-hydrogen) atoms. The summed E-state index contributed by atoms with van der Waals surface area (Å²) in [5.74, 6) is -0.658. The van der Waals surface area contributed by atoms with Gasteiger partial charge in [0.25, 0.3) is 5.56 Å². The maximum atomic E-state index is 11.5. The lowest BCUT2D eigenvalue weighted by Crippen LogP contribution is -2.19. The summed E-state index contributed by atoms with van der Waals surface area (Å²) in [7, 11) is 1.20. The number of nitrogens with two attached hydrogens (primary N) is 1. The Balaban J connectivity index is 2.72. The minimum Gasteiger partial charge on any atom is -0.465 e. The normalized spacial score (nSPS) is 10.3. The molecule has 2 aromatic rings. The number of H-pyrrole nitrogens is 1. The van der Waals surface area contributed by atoms with Crippen LogP contribution < -0.4 is 11.3 Å². The Morgan fingerprint density at radius 1 is 1.56 bits per heavy atom. The molecule has 82 valence electrons. The molecule has 0 unspecified atom stereocenters. The molecule has 0 amide bonds. The molecule has 3 N–H and O–H groups in total. The van der Waals surface area contributed by atoms with Gasteiger partial charge in [-0.3, -0.25) is 4.79 Å². The first-order valence-corrected chi connectivity index (χ1v) is 4.35. The Hall–Kier alpha value is -2.44. The number of fused-ring (bicyclic) bond motifs is 1. The van der Waals surface area contributed by atoms with Crippen molar-refractivity contribution in [3.63, 3.8) is 0 Å². The number of methoxy groups -OCH3 is 1. The van der Waals surface area contributed by atoms with E-state index in [0.717, 1.165) is 0 Å². The molecule has 0 saturated heterocycles. The Morgan fingerprint density at radius 2 is 2.31 bits per heavy atom. The molecule has 0 fully saturated rings. The van der Waals surface area contributed by atoms with E-state index in [1.54, 1.807) is 0 Å². The van der Waals surface area contributed by atoms with Gasteiger partial charge in [-0.2, -0.15) is 4.98 Å². The molecule has 0 atom stereocenters. The van der Waals surface area contributed by atoms with Gasteiger partial charge >= 0.3 is 5.97 Å². The predicted octanol–water partition coefficient (Wildman–Crippen LogP) is -0.313. The summed E-state index contributed by atoms with van der Waals surface area (Å²) in [4.78, 5) is 32.7. The van der Waals surface area contributed by atoms with E-state index in [0.29, 0.717) is 5.39 Å². The molecular weight excluding hydrogens is 212 g/mol. The molecule has 2 aromatic heterocycles. The molecule has 0 aliphatic heterocycles. The van der Waals surface area contributed by atoms with E-state index in [9.17, 15) is 9.59 Å². The molecular formula is C9H8N4O3. The van der Waals surface area contributed by atoms with Gasteiger partial charge in [-0.25, -0.2) is 9.78 Å². The van der Waals surface area contributed by atoms with Crippen molar-refractivity contribution in [1.82, 2.24) is 15.0 Å². The number of carbonyl (C=O) groups is 1. The Kier molecular flexibility index (Phi) is 2.28. The first-order valence-electron chi connectivity index (χ1n) is 4.35. The van der Waals surface area contributed by atoms with Crippen LogP contribution >= 0.6 is 0 Å². The van der Waals surface area contributed by atoms with Gasteiger partial charge in [0.2, 0.25) is 5.95 Å². The lowest BCUT2D eigenvalue weighted by Gasteiger charge is -2.01. The van der Waals surface area contributed by atoms with E-state index < -0.39 is 11.5 Å². The summed E-state index contributed by atoms with van der Waals surface area (Å²) in [5, 5.41) is 0.509. The lowest BCUT2D eigenvalue weighted by atomic mass is 10.2. The Bertz CT molecular complexity index is 620. The summed E-state index contributed by atoms with van der Waals surface area (Å²) in [6.45, 7) is 0. The van der Waals surface area contributed by atoms with Crippen LogP contribution in [0.4, 0.5) is 5.95 Å². The van der Waals surface area contributed by atoms with Crippen LogP contribution in [0, 0.1) is 0 Å². The molecule has 0 radical (unpaired) electrons. The van der Waals surface area contributed by atoms with Gasteiger partial charge in [0.05, 0.1) is 7.11 Å². The number of aromatic nitrogens is 3. The first kappa shape index (κ1) is 10.1. The number of anilines is 1. The number of rotatable bonds is 1. The van der Waals surface area contributed by atoms with Crippen molar-refractivity contribution in [2.24, 2.45) is 0 Å². The van der Waals surface area contributed by atoms with E-state index >= 15 is 0 Å². The fraction of sp³-hybridized carbons (Fsp3) is 0.111. The average molecular weight is 220 g/mol. The largest absolute Gasteiger partial charge is 0.465 e.